The maximum absolute atomic E-state index is 13.0. The Morgan fingerprint density at radius 1 is 0.943 bits per heavy atom. The van der Waals surface area contributed by atoms with Crippen LogP contribution in [0.3, 0.4) is 0 Å². The Morgan fingerprint density at radius 3 is 2.00 bits per heavy atom. The summed E-state index contributed by atoms with van der Waals surface area (Å²) >= 11 is 3.88. The monoisotopic (exact) mass is 511 g/mol. The highest BCUT2D eigenvalue weighted by molar-refractivity contribution is 7.80. The number of carbonyl (C=O) groups is 5. The number of phenolic OH excluding ortho intramolecular Hbond substituents is 1. The summed E-state index contributed by atoms with van der Waals surface area (Å²) in [6, 6.07) is 1.51. The van der Waals surface area contributed by atoms with E-state index in [0.29, 0.717) is 5.56 Å². The molecule has 0 aliphatic rings. The normalized spacial score (nSPS) is 14.3. The third kappa shape index (κ3) is 10.2. The number of aromatic hydroxyl groups is 1. The SMILES string of the molecule is CC(C)C(NC(=O)C(N)Cc1ccc(O)cc1)C(=O)NC(CCC(N)=O)C(=O)NC(CS)C(=O)O. The number of hydrogen-bond donors (Lipinski definition) is 8. The Kier molecular flexibility index (Phi) is 12.0. The summed E-state index contributed by atoms with van der Waals surface area (Å²) in [7, 11) is 0. The first-order valence-electron chi connectivity index (χ1n) is 10.9. The number of aliphatic carboxylic acids is 1. The van der Waals surface area contributed by atoms with E-state index in [-0.39, 0.29) is 30.8 Å². The molecule has 0 spiro atoms. The van der Waals surface area contributed by atoms with Crippen LogP contribution in [0.1, 0.15) is 32.3 Å². The number of primary amides is 1. The number of thiol groups is 1. The molecule has 12 nitrogen and oxygen atoms in total. The lowest BCUT2D eigenvalue weighted by Crippen LogP contribution is -2.58. The number of hydrogen-bond acceptors (Lipinski definition) is 8. The van der Waals surface area contributed by atoms with Gasteiger partial charge in [0.1, 0.15) is 23.9 Å². The highest BCUT2D eigenvalue weighted by atomic mass is 32.1. The van der Waals surface area contributed by atoms with Crippen LogP contribution in [0.2, 0.25) is 0 Å². The standard InChI is InChI=1S/C22H33N5O7S/c1-11(2)18(27-19(30)14(23)9-12-3-5-13(28)6-4-12)21(32)25-15(7-8-17(24)29)20(31)26-16(10-35)22(33)34/h3-6,11,14-16,18,28,35H,7-10,23H2,1-2H3,(H2,24,29)(H,25,32)(H,26,31)(H,27,30)(H,33,34). The molecule has 4 atom stereocenters. The fourth-order valence-corrected chi connectivity index (χ4v) is 3.30. The van der Waals surface area contributed by atoms with Gasteiger partial charge in [0, 0.05) is 12.2 Å². The minimum absolute atomic E-state index is 0.0716. The van der Waals surface area contributed by atoms with Crippen LogP contribution in [0, 0.1) is 5.92 Å². The summed E-state index contributed by atoms with van der Waals surface area (Å²) in [6.07, 6.45) is -0.263. The zero-order chi connectivity index (χ0) is 26.7. The number of nitrogens with two attached hydrogens (primary N) is 2. The zero-order valence-corrected chi connectivity index (χ0v) is 20.5. The lowest BCUT2D eigenvalue weighted by molar-refractivity contribution is -0.141. The van der Waals surface area contributed by atoms with Gasteiger partial charge in [-0.2, -0.15) is 12.6 Å². The number of amides is 4. The van der Waals surface area contributed by atoms with Gasteiger partial charge in [-0.3, -0.25) is 19.2 Å². The molecule has 0 saturated carbocycles. The quantitative estimate of drug-likeness (QED) is 0.139. The Labute approximate surface area is 208 Å². The maximum Gasteiger partial charge on any atom is 0.327 e. The molecule has 0 aliphatic heterocycles. The van der Waals surface area contributed by atoms with E-state index in [1.54, 1.807) is 26.0 Å². The van der Waals surface area contributed by atoms with Gasteiger partial charge in [-0.1, -0.05) is 26.0 Å². The molecule has 35 heavy (non-hydrogen) atoms. The molecule has 1 aromatic rings. The molecular formula is C22H33N5O7S. The zero-order valence-electron chi connectivity index (χ0n) is 19.6. The van der Waals surface area contributed by atoms with Crippen molar-refractivity contribution in [3.8, 4) is 5.75 Å². The van der Waals surface area contributed by atoms with Crippen molar-refractivity contribution < 1.29 is 34.2 Å². The summed E-state index contributed by atoms with van der Waals surface area (Å²) in [5, 5.41) is 25.8. The van der Waals surface area contributed by atoms with Crippen molar-refractivity contribution >= 4 is 42.2 Å². The first-order valence-corrected chi connectivity index (χ1v) is 11.6. The van der Waals surface area contributed by atoms with Crippen LogP contribution in [-0.4, -0.2) is 69.7 Å². The van der Waals surface area contributed by atoms with Crippen LogP contribution in [0.15, 0.2) is 24.3 Å². The fourth-order valence-electron chi connectivity index (χ4n) is 3.05. The molecule has 4 unspecified atom stereocenters. The van der Waals surface area contributed by atoms with Crippen molar-refractivity contribution in [2.45, 2.75) is 57.3 Å². The number of carboxylic acid groups (broad SMARTS) is 1. The van der Waals surface area contributed by atoms with Gasteiger partial charge in [0.15, 0.2) is 0 Å². The molecule has 0 saturated heterocycles. The summed E-state index contributed by atoms with van der Waals surface area (Å²) < 4.78 is 0. The molecule has 0 fully saturated rings. The molecule has 0 radical (unpaired) electrons. The molecule has 1 rings (SSSR count). The Morgan fingerprint density at radius 2 is 1.51 bits per heavy atom. The molecule has 0 bridgehead atoms. The van der Waals surface area contributed by atoms with Crippen LogP contribution >= 0.6 is 12.6 Å². The van der Waals surface area contributed by atoms with Crippen LogP contribution in [0.5, 0.6) is 5.75 Å². The third-order valence-electron chi connectivity index (χ3n) is 5.09. The molecule has 0 aliphatic carbocycles. The number of benzene rings is 1. The third-order valence-corrected chi connectivity index (χ3v) is 5.45. The number of carbonyl (C=O) groups excluding carboxylic acids is 4. The van der Waals surface area contributed by atoms with Gasteiger partial charge >= 0.3 is 5.97 Å². The molecule has 4 amide bonds. The van der Waals surface area contributed by atoms with E-state index in [1.165, 1.54) is 12.1 Å². The van der Waals surface area contributed by atoms with E-state index in [4.69, 9.17) is 16.6 Å². The molecule has 194 valence electrons. The maximum atomic E-state index is 13.0. The van der Waals surface area contributed by atoms with Gasteiger partial charge in [0.05, 0.1) is 6.04 Å². The lowest BCUT2D eigenvalue weighted by atomic mass is 10.0. The Bertz CT molecular complexity index is 910. The second-order valence-electron chi connectivity index (χ2n) is 8.36. The first-order chi connectivity index (χ1) is 16.3. The van der Waals surface area contributed by atoms with E-state index in [0.717, 1.165) is 0 Å². The predicted molar refractivity (Wildman–Crippen MR) is 130 cm³/mol. The van der Waals surface area contributed by atoms with E-state index in [9.17, 15) is 29.1 Å². The van der Waals surface area contributed by atoms with Crippen LogP contribution in [0.25, 0.3) is 0 Å². The van der Waals surface area contributed by atoms with Crippen molar-refractivity contribution in [2.24, 2.45) is 17.4 Å². The summed E-state index contributed by atoms with van der Waals surface area (Å²) in [5.74, 6) is -4.71. The minimum Gasteiger partial charge on any atom is -0.508 e. The fraction of sp³-hybridized carbons (Fsp3) is 0.500. The number of nitrogens with one attached hydrogen (secondary N) is 3. The highest BCUT2D eigenvalue weighted by Crippen LogP contribution is 2.11. The number of phenols is 1. The summed E-state index contributed by atoms with van der Waals surface area (Å²) in [6.45, 7) is 3.35. The average Bonchev–Trinajstić information content (AvgIpc) is 2.78. The molecule has 9 N–H and O–H groups in total. The lowest BCUT2D eigenvalue weighted by Gasteiger charge is -2.26. The summed E-state index contributed by atoms with van der Waals surface area (Å²) in [5.41, 5.74) is 11.8. The Hall–Kier alpha value is -3.32. The molecule has 0 heterocycles. The van der Waals surface area contributed by atoms with Gasteiger partial charge < -0.3 is 37.6 Å². The minimum atomic E-state index is -1.32. The van der Waals surface area contributed by atoms with Crippen LogP contribution < -0.4 is 27.4 Å². The molecule has 0 aromatic heterocycles. The van der Waals surface area contributed by atoms with Crippen molar-refractivity contribution in [1.82, 2.24) is 16.0 Å². The van der Waals surface area contributed by atoms with Gasteiger partial charge in [0.25, 0.3) is 0 Å². The van der Waals surface area contributed by atoms with Gasteiger partial charge in [-0.15, -0.1) is 0 Å². The first kappa shape index (κ1) is 29.7. The van der Waals surface area contributed by atoms with Crippen LogP contribution in [0.4, 0.5) is 0 Å². The van der Waals surface area contributed by atoms with Crippen molar-refractivity contribution in [2.75, 3.05) is 5.75 Å². The predicted octanol–water partition coefficient (Wildman–Crippen LogP) is -1.35. The molecular weight excluding hydrogens is 478 g/mol. The largest absolute Gasteiger partial charge is 0.508 e. The topological polar surface area (TPSA) is 214 Å². The average molecular weight is 512 g/mol. The summed E-state index contributed by atoms with van der Waals surface area (Å²) in [4.78, 5) is 60.7. The van der Waals surface area contributed by atoms with Gasteiger partial charge in [-0.05, 0) is 36.5 Å². The van der Waals surface area contributed by atoms with Crippen LogP contribution in [-0.2, 0) is 30.4 Å². The van der Waals surface area contributed by atoms with Gasteiger partial charge in [-0.25, -0.2) is 4.79 Å². The number of carboxylic acids is 1. The van der Waals surface area contributed by atoms with E-state index >= 15 is 0 Å². The smallest absolute Gasteiger partial charge is 0.327 e. The molecule has 1 aromatic carbocycles. The van der Waals surface area contributed by atoms with Crippen molar-refractivity contribution in [1.29, 1.82) is 0 Å². The highest BCUT2D eigenvalue weighted by Gasteiger charge is 2.31. The second-order valence-corrected chi connectivity index (χ2v) is 8.72. The Balaban J connectivity index is 2.92. The molecule has 13 heteroatoms. The second kappa shape index (κ2) is 14.2. The van der Waals surface area contributed by atoms with Crippen molar-refractivity contribution in [3.63, 3.8) is 0 Å². The van der Waals surface area contributed by atoms with Gasteiger partial charge in [0.2, 0.25) is 23.6 Å². The van der Waals surface area contributed by atoms with E-state index in [1.807, 2.05) is 0 Å². The number of rotatable bonds is 14. The van der Waals surface area contributed by atoms with Crippen molar-refractivity contribution in [3.05, 3.63) is 29.8 Å². The van der Waals surface area contributed by atoms with E-state index < -0.39 is 59.7 Å². The van der Waals surface area contributed by atoms with E-state index in [2.05, 4.69) is 28.6 Å².